The minimum atomic E-state index is 0.577. The Morgan fingerprint density at radius 3 is 2.55 bits per heavy atom. The van der Waals surface area contributed by atoms with E-state index in [1.54, 1.807) is 0 Å². The van der Waals surface area contributed by atoms with Crippen molar-refractivity contribution in [2.75, 3.05) is 39.9 Å². The molecule has 2 aliphatic rings. The smallest absolute Gasteiger partial charge is 0.0468 e. The van der Waals surface area contributed by atoms with E-state index < -0.39 is 0 Å². The molecule has 0 aromatic carbocycles. The molecular weight excluding hydrogens is 248 g/mol. The number of piperidine rings is 1. The van der Waals surface area contributed by atoms with E-state index in [0.29, 0.717) is 11.5 Å². The second-order valence-corrected chi connectivity index (χ2v) is 7.09. The second kappa shape index (κ2) is 7.77. The Morgan fingerprint density at radius 2 is 2.00 bits per heavy atom. The summed E-state index contributed by atoms with van der Waals surface area (Å²) in [5.41, 5.74) is 0.577. The number of nitrogens with one attached hydrogen (secondary N) is 1. The number of likely N-dealkylation sites (tertiary alicyclic amines) is 1. The third-order valence-electron chi connectivity index (χ3n) is 5.47. The maximum absolute atomic E-state index is 5.24. The summed E-state index contributed by atoms with van der Waals surface area (Å²) in [6.07, 6.45) is 8.06. The highest BCUT2D eigenvalue weighted by atomic mass is 16.5. The summed E-state index contributed by atoms with van der Waals surface area (Å²) in [6, 6.07) is 0.679. The summed E-state index contributed by atoms with van der Waals surface area (Å²) in [4.78, 5) is 2.63. The summed E-state index contributed by atoms with van der Waals surface area (Å²) in [5, 5.41) is 3.84. The predicted octanol–water partition coefficient (Wildman–Crippen LogP) is 2.90. The highest BCUT2D eigenvalue weighted by Gasteiger charge is 2.42. The topological polar surface area (TPSA) is 24.5 Å². The number of hydrogen-bond acceptors (Lipinski definition) is 3. The van der Waals surface area contributed by atoms with Gasteiger partial charge in [-0.2, -0.15) is 0 Å². The van der Waals surface area contributed by atoms with Crippen molar-refractivity contribution in [1.82, 2.24) is 10.2 Å². The van der Waals surface area contributed by atoms with Crippen LogP contribution < -0.4 is 5.32 Å². The largest absolute Gasteiger partial charge is 0.385 e. The molecule has 118 valence electrons. The molecule has 0 spiro atoms. The van der Waals surface area contributed by atoms with Gasteiger partial charge in [0.2, 0.25) is 0 Å². The fourth-order valence-corrected chi connectivity index (χ4v) is 3.55. The fourth-order valence-electron chi connectivity index (χ4n) is 3.55. The molecule has 1 saturated carbocycles. The fraction of sp³-hybridized carbons (Fsp3) is 1.00. The molecule has 0 bridgehead atoms. The third-order valence-corrected chi connectivity index (χ3v) is 5.47. The van der Waals surface area contributed by atoms with Crippen molar-refractivity contribution in [3.63, 3.8) is 0 Å². The van der Waals surface area contributed by atoms with E-state index in [-0.39, 0.29) is 0 Å². The Bertz CT molecular complexity index is 270. The third kappa shape index (κ3) is 4.71. The Kier molecular flexibility index (Phi) is 6.31. The number of methoxy groups -OCH3 is 1. The molecule has 0 amide bonds. The normalized spacial score (nSPS) is 24.8. The molecule has 1 atom stereocenters. The van der Waals surface area contributed by atoms with Crippen molar-refractivity contribution in [2.45, 2.75) is 58.4 Å². The van der Waals surface area contributed by atoms with Gasteiger partial charge < -0.3 is 15.0 Å². The van der Waals surface area contributed by atoms with Crippen LogP contribution in [0.25, 0.3) is 0 Å². The lowest BCUT2D eigenvalue weighted by Gasteiger charge is -2.35. The van der Waals surface area contributed by atoms with E-state index in [1.165, 1.54) is 64.7 Å². The Labute approximate surface area is 125 Å². The Balaban J connectivity index is 1.64. The van der Waals surface area contributed by atoms with Crippen molar-refractivity contribution in [3.8, 4) is 0 Å². The quantitative estimate of drug-likeness (QED) is 0.704. The van der Waals surface area contributed by atoms with Crippen LogP contribution in [0.15, 0.2) is 0 Å². The maximum Gasteiger partial charge on any atom is 0.0468 e. The number of hydrogen-bond donors (Lipinski definition) is 1. The molecule has 3 heteroatoms. The first-order chi connectivity index (χ1) is 9.69. The standard InChI is InChI=1S/C17H34N2O/c1-4-10-19-11-5-16(6-12-19)15(2)18-14-17(7-8-17)9-13-20-3/h15-16,18H,4-14H2,1-3H3. The molecule has 20 heavy (non-hydrogen) atoms. The van der Waals surface area contributed by atoms with Crippen LogP contribution >= 0.6 is 0 Å². The average molecular weight is 282 g/mol. The Hall–Kier alpha value is -0.120. The summed E-state index contributed by atoms with van der Waals surface area (Å²) < 4.78 is 5.24. The monoisotopic (exact) mass is 282 g/mol. The van der Waals surface area contributed by atoms with Crippen molar-refractivity contribution < 1.29 is 4.74 Å². The lowest BCUT2D eigenvalue weighted by atomic mass is 9.89. The zero-order valence-corrected chi connectivity index (χ0v) is 13.8. The first kappa shape index (κ1) is 16.3. The SMILES string of the molecule is CCCN1CCC(C(C)NCC2(CCOC)CC2)CC1. The molecule has 2 fully saturated rings. The minimum Gasteiger partial charge on any atom is -0.385 e. The van der Waals surface area contributed by atoms with Crippen molar-refractivity contribution >= 4 is 0 Å². The molecule has 0 aromatic heterocycles. The molecule has 0 radical (unpaired) electrons. The second-order valence-electron chi connectivity index (χ2n) is 7.09. The molecule has 3 nitrogen and oxygen atoms in total. The van der Waals surface area contributed by atoms with Gasteiger partial charge >= 0.3 is 0 Å². The molecule has 1 N–H and O–H groups in total. The lowest BCUT2D eigenvalue weighted by Crippen LogP contribution is -2.43. The van der Waals surface area contributed by atoms with Gasteiger partial charge in [-0.1, -0.05) is 6.92 Å². The predicted molar refractivity (Wildman–Crippen MR) is 85.1 cm³/mol. The molecule has 1 saturated heterocycles. The summed E-state index contributed by atoms with van der Waals surface area (Å²) in [5.74, 6) is 0.876. The lowest BCUT2D eigenvalue weighted by molar-refractivity contribution is 0.152. The van der Waals surface area contributed by atoms with Crippen LogP contribution in [0, 0.1) is 11.3 Å². The van der Waals surface area contributed by atoms with Gasteiger partial charge in [-0.3, -0.25) is 0 Å². The van der Waals surface area contributed by atoms with Crippen molar-refractivity contribution in [1.29, 1.82) is 0 Å². The van der Waals surface area contributed by atoms with Crippen LogP contribution in [-0.2, 0) is 4.74 Å². The average Bonchev–Trinajstić information content (AvgIpc) is 3.24. The Morgan fingerprint density at radius 1 is 1.30 bits per heavy atom. The van der Waals surface area contributed by atoms with E-state index in [4.69, 9.17) is 4.74 Å². The van der Waals surface area contributed by atoms with E-state index >= 15 is 0 Å². The van der Waals surface area contributed by atoms with Gasteiger partial charge in [0.25, 0.3) is 0 Å². The molecular formula is C17H34N2O. The van der Waals surface area contributed by atoms with Crippen molar-refractivity contribution in [3.05, 3.63) is 0 Å². The van der Waals surface area contributed by atoms with Gasteiger partial charge in [-0.25, -0.2) is 0 Å². The zero-order chi connectivity index (χ0) is 14.4. The van der Waals surface area contributed by atoms with Crippen LogP contribution in [0.1, 0.15) is 52.4 Å². The minimum absolute atomic E-state index is 0.577. The highest BCUT2D eigenvalue weighted by Crippen LogP contribution is 2.48. The molecule has 1 aliphatic carbocycles. The highest BCUT2D eigenvalue weighted by molar-refractivity contribution is 4.95. The summed E-state index contributed by atoms with van der Waals surface area (Å²) in [7, 11) is 1.82. The van der Waals surface area contributed by atoms with Gasteiger partial charge in [-0.05, 0) is 76.4 Å². The summed E-state index contributed by atoms with van der Waals surface area (Å²) >= 11 is 0. The molecule has 1 unspecified atom stereocenters. The van der Waals surface area contributed by atoms with Gasteiger partial charge in [0.05, 0.1) is 0 Å². The van der Waals surface area contributed by atoms with Crippen LogP contribution in [-0.4, -0.2) is 50.8 Å². The van der Waals surface area contributed by atoms with E-state index in [2.05, 4.69) is 24.1 Å². The van der Waals surface area contributed by atoms with Gasteiger partial charge in [-0.15, -0.1) is 0 Å². The van der Waals surface area contributed by atoms with E-state index in [0.717, 1.165) is 12.5 Å². The van der Waals surface area contributed by atoms with Crippen LogP contribution in [0.5, 0.6) is 0 Å². The molecule has 0 aromatic rings. The van der Waals surface area contributed by atoms with Gasteiger partial charge in [0.1, 0.15) is 0 Å². The molecule has 2 rings (SSSR count). The van der Waals surface area contributed by atoms with Crippen LogP contribution in [0.3, 0.4) is 0 Å². The van der Waals surface area contributed by atoms with E-state index in [9.17, 15) is 0 Å². The van der Waals surface area contributed by atoms with Crippen LogP contribution in [0.2, 0.25) is 0 Å². The molecule has 1 aliphatic heterocycles. The van der Waals surface area contributed by atoms with Crippen LogP contribution in [0.4, 0.5) is 0 Å². The first-order valence-corrected chi connectivity index (χ1v) is 8.64. The van der Waals surface area contributed by atoms with E-state index in [1.807, 2.05) is 7.11 Å². The first-order valence-electron chi connectivity index (χ1n) is 8.64. The number of rotatable bonds is 9. The zero-order valence-electron chi connectivity index (χ0n) is 13.8. The van der Waals surface area contributed by atoms with Crippen molar-refractivity contribution in [2.24, 2.45) is 11.3 Å². The molecule has 1 heterocycles. The van der Waals surface area contributed by atoms with Gasteiger partial charge in [0, 0.05) is 26.3 Å². The summed E-state index contributed by atoms with van der Waals surface area (Å²) in [6.45, 7) is 10.7. The number of nitrogens with zero attached hydrogens (tertiary/aromatic N) is 1. The van der Waals surface area contributed by atoms with Gasteiger partial charge in [0.15, 0.2) is 0 Å². The number of ether oxygens (including phenoxy) is 1. The maximum atomic E-state index is 5.24.